The Bertz CT molecular complexity index is 461. The molecule has 0 unspecified atom stereocenters. The van der Waals surface area contributed by atoms with Crippen molar-refractivity contribution >= 4 is 0 Å². The first-order chi connectivity index (χ1) is 12.4. The van der Waals surface area contributed by atoms with Crippen molar-refractivity contribution < 1.29 is 0 Å². The lowest BCUT2D eigenvalue weighted by atomic mass is 10.1. The molecular weight excluding hydrogens is 308 g/mol. The van der Waals surface area contributed by atoms with E-state index in [2.05, 4.69) is 44.7 Å². The van der Waals surface area contributed by atoms with Crippen LogP contribution in [0.4, 0.5) is 0 Å². The number of likely N-dealkylation sites (tertiary alicyclic amines) is 2. The molecule has 2 N–H and O–H groups in total. The predicted molar refractivity (Wildman–Crippen MR) is 106 cm³/mol. The van der Waals surface area contributed by atoms with Crippen molar-refractivity contribution in [1.82, 2.24) is 20.4 Å². The van der Waals surface area contributed by atoms with Crippen LogP contribution in [0.5, 0.6) is 0 Å². The third-order valence-corrected chi connectivity index (χ3v) is 5.51. The molecule has 0 bridgehead atoms. The van der Waals surface area contributed by atoms with Gasteiger partial charge in [0.15, 0.2) is 0 Å². The lowest BCUT2D eigenvalue weighted by Gasteiger charge is -2.15. The SMILES string of the molecule is c1cc(CNCCN2CCCC2)ccc1CNCCCN1CCCC1. The van der Waals surface area contributed by atoms with Gasteiger partial charge in [-0.05, 0) is 82.5 Å². The van der Waals surface area contributed by atoms with Gasteiger partial charge in [0.1, 0.15) is 0 Å². The van der Waals surface area contributed by atoms with E-state index in [-0.39, 0.29) is 0 Å². The van der Waals surface area contributed by atoms with Crippen LogP contribution in [0, 0.1) is 0 Å². The molecule has 0 spiro atoms. The van der Waals surface area contributed by atoms with E-state index in [1.807, 2.05) is 0 Å². The molecule has 0 amide bonds. The lowest BCUT2D eigenvalue weighted by Crippen LogP contribution is -2.29. The fourth-order valence-corrected chi connectivity index (χ4v) is 3.92. The molecule has 4 heteroatoms. The van der Waals surface area contributed by atoms with Gasteiger partial charge in [0, 0.05) is 26.2 Å². The molecule has 2 saturated heterocycles. The van der Waals surface area contributed by atoms with Gasteiger partial charge in [-0.1, -0.05) is 24.3 Å². The zero-order valence-corrected chi connectivity index (χ0v) is 15.8. The molecule has 0 atom stereocenters. The normalized spacial score (nSPS) is 19.0. The van der Waals surface area contributed by atoms with E-state index in [9.17, 15) is 0 Å². The van der Waals surface area contributed by atoms with Crippen LogP contribution in [0.2, 0.25) is 0 Å². The highest BCUT2D eigenvalue weighted by atomic mass is 15.1. The zero-order valence-electron chi connectivity index (χ0n) is 15.8. The minimum Gasteiger partial charge on any atom is -0.313 e. The Morgan fingerprint density at radius 3 is 1.68 bits per heavy atom. The second kappa shape index (κ2) is 10.9. The minimum atomic E-state index is 0.984. The fraction of sp³-hybridized carbons (Fsp3) is 0.714. The highest BCUT2D eigenvalue weighted by Gasteiger charge is 2.10. The second-order valence-corrected chi connectivity index (χ2v) is 7.62. The van der Waals surface area contributed by atoms with Crippen LogP contribution in [-0.2, 0) is 13.1 Å². The summed E-state index contributed by atoms with van der Waals surface area (Å²) in [5, 5.41) is 7.15. The minimum absolute atomic E-state index is 0.984. The summed E-state index contributed by atoms with van der Waals surface area (Å²) in [6, 6.07) is 9.07. The van der Waals surface area contributed by atoms with Crippen LogP contribution in [-0.4, -0.2) is 62.2 Å². The first kappa shape index (κ1) is 18.8. The van der Waals surface area contributed by atoms with Gasteiger partial charge in [-0.15, -0.1) is 0 Å². The molecule has 0 saturated carbocycles. The molecule has 2 aliphatic rings. The number of rotatable bonds is 11. The third kappa shape index (κ3) is 7.06. The van der Waals surface area contributed by atoms with Crippen LogP contribution in [0.3, 0.4) is 0 Å². The van der Waals surface area contributed by atoms with Gasteiger partial charge in [0.2, 0.25) is 0 Å². The summed E-state index contributed by atoms with van der Waals surface area (Å²) < 4.78 is 0. The zero-order chi connectivity index (χ0) is 17.2. The quantitative estimate of drug-likeness (QED) is 0.604. The first-order valence-electron chi connectivity index (χ1n) is 10.3. The molecular formula is C21H36N4. The van der Waals surface area contributed by atoms with Crippen molar-refractivity contribution in [2.75, 3.05) is 52.4 Å². The summed E-state index contributed by atoms with van der Waals surface area (Å²) in [5.41, 5.74) is 2.78. The van der Waals surface area contributed by atoms with Crippen molar-refractivity contribution in [3.8, 4) is 0 Å². The summed E-state index contributed by atoms with van der Waals surface area (Å²) in [4.78, 5) is 5.15. The summed E-state index contributed by atoms with van der Waals surface area (Å²) >= 11 is 0. The largest absolute Gasteiger partial charge is 0.313 e. The maximum atomic E-state index is 3.58. The first-order valence-corrected chi connectivity index (χ1v) is 10.3. The van der Waals surface area contributed by atoms with Crippen molar-refractivity contribution in [3.05, 3.63) is 35.4 Å². The topological polar surface area (TPSA) is 30.5 Å². The molecule has 1 aromatic carbocycles. The van der Waals surface area contributed by atoms with Gasteiger partial charge in [0.05, 0.1) is 0 Å². The fourth-order valence-electron chi connectivity index (χ4n) is 3.92. The Hall–Kier alpha value is -0.940. The molecule has 25 heavy (non-hydrogen) atoms. The monoisotopic (exact) mass is 344 g/mol. The van der Waals surface area contributed by atoms with Gasteiger partial charge < -0.3 is 20.4 Å². The van der Waals surface area contributed by atoms with E-state index in [1.54, 1.807) is 0 Å². The summed E-state index contributed by atoms with van der Waals surface area (Å²) in [7, 11) is 0. The van der Waals surface area contributed by atoms with Gasteiger partial charge in [0.25, 0.3) is 0 Å². The summed E-state index contributed by atoms with van der Waals surface area (Å²) in [6.07, 6.45) is 6.82. The molecule has 2 fully saturated rings. The standard InChI is InChI=1S/C21H36N4/c1-2-13-24(12-1)16-5-10-22-18-20-6-8-21(9-7-20)19-23-11-17-25-14-3-4-15-25/h6-9,22-23H,1-5,10-19H2. The average Bonchev–Trinajstić information content (AvgIpc) is 3.33. The number of nitrogens with zero attached hydrogens (tertiary/aromatic N) is 2. The van der Waals surface area contributed by atoms with Crippen molar-refractivity contribution in [2.45, 2.75) is 45.2 Å². The van der Waals surface area contributed by atoms with Crippen LogP contribution in [0.25, 0.3) is 0 Å². The smallest absolute Gasteiger partial charge is 0.0206 e. The third-order valence-electron chi connectivity index (χ3n) is 5.51. The maximum absolute atomic E-state index is 3.58. The number of hydrogen-bond donors (Lipinski definition) is 2. The van der Waals surface area contributed by atoms with E-state index >= 15 is 0 Å². The summed E-state index contributed by atoms with van der Waals surface area (Å²) in [5.74, 6) is 0. The van der Waals surface area contributed by atoms with Crippen molar-refractivity contribution in [1.29, 1.82) is 0 Å². The Morgan fingerprint density at radius 1 is 0.640 bits per heavy atom. The molecule has 2 aliphatic heterocycles. The summed E-state index contributed by atoms with van der Waals surface area (Å²) in [6.45, 7) is 11.9. The number of nitrogens with one attached hydrogen (secondary N) is 2. The number of hydrogen-bond acceptors (Lipinski definition) is 4. The van der Waals surface area contributed by atoms with E-state index < -0.39 is 0 Å². The van der Waals surface area contributed by atoms with Crippen molar-refractivity contribution in [3.63, 3.8) is 0 Å². The highest BCUT2D eigenvalue weighted by Crippen LogP contribution is 2.08. The number of benzene rings is 1. The Kier molecular flexibility index (Phi) is 8.23. The second-order valence-electron chi connectivity index (χ2n) is 7.62. The van der Waals surface area contributed by atoms with Gasteiger partial charge in [-0.2, -0.15) is 0 Å². The van der Waals surface area contributed by atoms with Crippen LogP contribution >= 0.6 is 0 Å². The lowest BCUT2D eigenvalue weighted by molar-refractivity contribution is 0.331. The van der Waals surface area contributed by atoms with E-state index in [0.717, 1.165) is 26.2 Å². The molecule has 0 aromatic heterocycles. The van der Waals surface area contributed by atoms with E-state index in [1.165, 1.54) is 82.5 Å². The Morgan fingerprint density at radius 2 is 1.12 bits per heavy atom. The average molecular weight is 345 g/mol. The molecule has 140 valence electrons. The van der Waals surface area contributed by atoms with Crippen LogP contribution in [0.1, 0.15) is 43.2 Å². The van der Waals surface area contributed by atoms with Crippen molar-refractivity contribution in [2.24, 2.45) is 0 Å². The van der Waals surface area contributed by atoms with Gasteiger partial charge in [-0.3, -0.25) is 0 Å². The molecule has 0 radical (unpaired) electrons. The van der Waals surface area contributed by atoms with Gasteiger partial charge >= 0.3 is 0 Å². The molecule has 4 nitrogen and oxygen atoms in total. The van der Waals surface area contributed by atoms with Gasteiger partial charge in [-0.25, -0.2) is 0 Å². The maximum Gasteiger partial charge on any atom is 0.0206 e. The molecule has 1 aromatic rings. The Labute approximate surface area is 154 Å². The Balaban J connectivity index is 1.22. The highest BCUT2D eigenvalue weighted by molar-refractivity contribution is 5.22. The van der Waals surface area contributed by atoms with Crippen LogP contribution < -0.4 is 10.6 Å². The molecule has 2 heterocycles. The van der Waals surface area contributed by atoms with Crippen LogP contribution in [0.15, 0.2) is 24.3 Å². The van der Waals surface area contributed by atoms with E-state index in [0.29, 0.717) is 0 Å². The van der Waals surface area contributed by atoms with E-state index in [4.69, 9.17) is 0 Å². The molecule has 0 aliphatic carbocycles. The molecule has 3 rings (SSSR count). The predicted octanol–water partition coefficient (Wildman–Crippen LogP) is 2.45.